The van der Waals surface area contributed by atoms with E-state index in [1.54, 1.807) is 0 Å². The van der Waals surface area contributed by atoms with Gasteiger partial charge in [-0.3, -0.25) is 0 Å². The van der Waals surface area contributed by atoms with Crippen LogP contribution in [0.4, 0.5) is 0 Å². The minimum Gasteiger partial charge on any atom is -0.304 e. The van der Waals surface area contributed by atoms with Crippen LogP contribution in [-0.2, 0) is 0 Å². The van der Waals surface area contributed by atoms with E-state index < -0.39 is 0 Å². The molecule has 0 aromatic heterocycles. The van der Waals surface area contributed by atoms with Crippen molar-refractivity contribution in [2.75, 3.05) is 19.6 Å². The van der Waals surface area contributed by atoms with Crippen molar-refractivity contribution in [1.82, 2.24) is 4.90 Å². The van der Waals surface area contributed by atoms with Gasteiger partial charge in [0.25, 0.3) is 0 Å². The van der Waals surface area contributed by atoms with Crippen molar-refractivity contribution in [1.29, 1.82) is 0 Å². The van der Waals surface area contributed by atoms with Crippen LogP contribution < -0.4 is 0 Å². The first-order valence-electron chi connectivity index (χ1n) is 3.07. The van der Waals surface area contributed by atoms with Gasteiger partial charge in [-0.25, -0.2) is 0 Å². The molecule has 0 atom stereocenters. The van der Waals surface area contributed by atoms with Gasteiger partial charge in [0, 0.05) is 51.4 Å². The molecule has 0 saturated carbocycles. The quantitative estimate of drug-likeness (QED) is 0.528. The summed E-state index contributed by atoms with van der Waals surface area (Å²) < 4.78 is 0. The summed E-state index contributed by atoms with van der Waals surface area (Å²) in [5.41, 5.74) is 0. The molecule has 0 aromatic carbocycles. The van der Waals surface area contributed by atoms with Crippen molar-refractivity contribution in [2.24, 2.45) is 0 Å². The number of hydrogen-bond donors (Lipinski definition) is 0. The first-order chi connectivity index (χ1) is 3.35. The Morgan fingerprint density at radius 2 is 1.12 bits per heavy atom. The molecule has 0 spiro atoms. The summed E-state index contributed by atoms with van der Waals surface area (Å²) in [5.74, 6) is 0. The molecule has 0 rings (SSSR count). The third kappa shape index (κ3) is 5.73. The average molecular weight is 140 g/mol. The molecule has 0 aliphatic heterocycles. The Morgan fingerprint density at radius 1 is 0.875 bits per heavy atom. The van der Waals surface area contributed by atoms with Gasteiger partial charge in [-0.2, -0.15) is 0 Å². The largest absolute Gasteiger partial charge is 0.304 e. The SMILES string of the molecule is CCN(CC)CC.[K]. The summed E-state index contributed by atoms with van der Waals surface area (Å²) in [6.07, 6.45) is 0. The molecular formula is C6H15KN. The van der Waals surface area contributed by atoms with Crippen LogP contribution >= 0.6 is 0 Å². The van der Waals surface area contributed by atoms with Crippen LogP contribution in [0.1, 0.15) is 20.8 Å². The van der Waals surface area contributed by atoms with Crippen LogP contribution in [0.3, 0.4) is 0 Å². The van der Waals surface area contributed by atoms with Crippen LogP contribution in [0.2, 0.25) is 0 Å². The molecule has 0 N–H and O–H groups in total. The Kier molecular flexibility index (Phi) is 13.2. The molecule has 1 radical (unpaired) electrons. The van der Waals surface area contributed by atoms with Crippen molar-refractivity contribution in [3.05, 3.63) is 0 Å². The zero-order chi connectivity index (χ0) is 5.70. The van der Waals surface area contributed by atoms with Crippen LogP contribution in [-0.4, -0.2) is 75.9 Å². The first-order valence-corrected chi connectivity index (χ1v) is 3.07. The standard InChI is InChI=1S/C6H15N.K/c1-4-7(5-2)6-3;/h4-6H2,1-3H3;. The van der Waals surface area contributed by atoms with Gasteiger partial charge in [-0.05, 0) is 19.6 Å². The van der Waals surface area contributed by atoms with Crippen molar-refractivity contribution >= 4 is 51.4 Å². The first kappa shape index (κ1) is 12.3. The number of rotatable bonds is 3. The smallest absolute Gasteiger partial charge is 0 e. The fraction of sp³-hybridized carbons (Fsp3) is 1.00. The average Bonchev–Trinajstić information content (AvgIpc) is 1.72. The molecular weight excluding hydrogens is 125 g/mol. The van der Waals surface area contributed by atoms with E-state index in [2.05, 4.69) is 25.7 Å². The molecule has 0 fully saturated rings. The maximum atomic E-state index is 2.38. The van der Waals surface area contributed by atoms with Gasteiger partial charge in [-0.1, -0.05) is 20.8 Å². The Bertz CT molecular complexity index is 30.0. The summed E-state index contributed by atoms with van der Waals surface area (Å²) >= 11 is 0. The maximum Gasteiger partial charge on any atom is 0 e. The van der Waals surface area contributed by atoms with E-state index in [4.69, 9.17) is 0 Å². The van der Waals surface area contributed by atoms with Crippen molar-refractivity contribution in [3.8, 4) is 0 Å². The Hall–Kier alpha value is 1.60. The topological polar surface area (TPSA) is 3.24 Å². The van der Waals surface area contributed by atoms with E-state index >= 15 is 0 Å². The van der Waals surface area contributed by atoms with Crippen molar-refractivity contribution in [2.45, 2.75) is 20.8 Å². The van der Waals surface area contributed by atoms with Crippen LogP contribution in [0.25, 0.3) is 0 Å². The summed E-state index contributed by atoms with van der Waals surface area (Å²) in [5, 5.41) is 0. The fourth-order valence-electron chi connectivity index (χ4n) is 0.671. The second kappa shape index (κ2) is 8.60. The Morgan fingerprint density at radius 3 is 1.12 bits per heavy atom. The minimum atomic E-state index is 0. The summed E-state index contributed by atoms with van der Waals surface area (Å²) in [6.45, 7) is 10.1. The zero-order valence-electron chi connectivity index (χ0n) is 6.57. The molecule has 0 saturated heterocycles. The summed E-state index contributed by atoms with van der Waals surface area (Å²) in [4.78, 5) is 2.38. The molecule has 1 nitrogen and oxygen atoms in total. The van der Waals surface area contributed by atoms with Gasteiger partial charge < -0.3 is 4.90 Å². The van der Waals surface area contributed by atoms with E-state index in [-0.39, 0.29) is 51.4 Å². The van der Waals surface area contributed by atoms with Crippen molar-refractivity contribution in [3.63, 3.8) is 0 Å². The molecule has 45 valence electrons. The monoisotopic (exact) mass is 140 g/mol. The maximum absolute atomic E-state index is 2.38. The molecule has 0 aromatic rings. The van der Waals surface area contributed by atoms with Crippen LogP contribution in [0.5, 0.6) is 0 Å². The zero-order valence-corrected chi connectivity index (χ0v) is 9.69. The van der Waals surface area contributed by atoms with Crippen LogP contribution in [0.15, 0.2) is 0 Å². The molecule has 0 aliphatic carbocycles. The Labute approximate surface area is 95.2 Å². The van der Waals surface area contributed by atoms with Gasteiger partial charge in [0.1, 0.15) is 0 Å². The van der Waals surface area contributed by atoms with Crippen molar-refractivity contribution < 1.29 is 0 Å². The van der Waals surface area contributed by atoms with E-state index in [1.807, 2.05) is 0 Å². The van der Waals surface area contributed by atoms with E-state index in [1.165, 1.54) is 19.6 Å². The van der Waals surface area contributed by atoms with Gasteiger partial charge in [-0.15, -0.1) is 0 Å². The number of hydrogen-bond acceptors (Lipinski definition) is 1. The fourth-order valence-corrected chi connectivity index (χ4v) is 0.671. The normalized spacial score (nSPS) is 9.00. The predicted octanol–water partition coefficient (Wildman–Crippen LogP) is 0.967. The molecule has 0 unspecified atom stereocenters. The third-order valence-electron chi connectivity index (χ3n) is 1.34. The van der Waals surface area contributed by atoms with E-state index in [0.29, 0.717) is 0 Å². The molecule has 0 aliphatic rings. The predicted molar refractivity (Wildman–Crippen MR) is 39.2 cm³/mol. The molecule has 0 amide bonds. The van der Waals surface area contributed by atoms with E-state index in [0.717, 1.165) is 0 Å². The second-order valence-electron chi connectivity index (χ2n) is 1.62. The van der Waals surface area contributed by atoms with E-state index in [9.17, 15) is 0 Å². The molecule has 0 heterocycles. The summed E-state index contributed by atoms with van der Waals surface area (Å²) in [7, 11) is 0. The van der Waals surface area contributed by atoms with Gasteiger partial charge in [0.15, 0.2) is 0 Å². The van der Waals surface area contributed by atoms with Gasteiger partial charge >= 0.3 is 0 Å². The van der Waals surface area contributed by atoms with Gasteiger partial charge in [0.2, 0.25) is 0 Å². The summed E-state index contributed by atoms with van der Waals surface area (Å²) in [6, 6.07) is 0. The second-order valence-corrected chi connectivity index (χ2v) is 1.62. The Balaban J connectivity index is 0. The minimum absolute atomic E-state index is 0. The van der Waals surface area contributed by atoms with Crippen LogP contribution in [0, 0.1) is 0 Å². The molecule has 0 bridgehead atoms. The third-order valence-corrected chi connectivity index (χ3v) is 1.34. The van der Waals surface area contributed by atoms with Gasteiger partial charge in [0.05, 0.1) is 0 Å². The number of nitrogens with zero attached hydrogens (tertiary/aromatic N) is 1. The molecule has 2 heteroatoms. The molecule has 8 heavy (non-hydrogen) atoms.